The summed E-state index contributed by atoms with van der Waals surface area (Å²) in [4.78, 5) is 25.8. The third kappa shape index (κ3) is 4.90. The van der Waals surface area contributed by atoms with Crippen molar-refractivity contribution in [1.29, 1.82) is 0 Å². The van der Waals surface area contributed by atoms with Crippen LogP contribution >= 0.6 is 11.3 Å². The van der Waals surface area contributed by atoms with Crippen LogP contribution in [0.15, 0.2) is 11.8 Å². The molecule has 0 unspecified atom stereocenters. The van der Waals surface area contributed by atoms with Crippen LogP contribution in [-0.4, -0.2) is 61.7 Å². The van der Waals surface area contributed by atoms with Crippen molar-refractivity contribution in [1.82, 2.24) is 10.2 Å². The smallest absolute Gasteiger partial charge is 0.347 e. The Hall–Kier alpha value is -2.20. The monoisotopic (exact) mass is 356 g/mol. The minimum absolute atomic E-state index is 0.162. The molecule has 1 aliphatic rings. The zero-order valence-electron chi connectivity index (χ0n) is 13.6. The van der Waals surface area contributed by atoms with Gasteiger partial charge in [-0.2, -0.15) is 0 Å². The minimum atomic E-state index is -0.749. The van der Waals surface area contributed by atoms with Crippen molar-refractivity contribution in [2.75, 3.05) is 49.7 Å². The summed E-state index contributed by atoms with van der Waals surface area (Å²) in [5.41, 5.74) is -0.221. The number of nitrogens with one attached hydrogen (secondary N) is 1. The summed E-state index contributed by atoms with van der Waals surface area (Å²) in [6, 6.07) is 0. The van der Waals surface area contributed by atoms with Gasteiger partial charge in [0.05, 0.1) is 26.4 Å². The van der Waals surface area contributed by atoms with E-state index < -0.39 is 11.9 Å². The van der Waals surface area contributed by atoms with Crippen LogP contribution in [0.3, 0.4) is 0 Å². The lowest BCUT2D eigenvalue weighted by Crippen LogP contribution is -2.36. The molecular formula is C14H20N4O5S. The molecule has 0 bridgehead atoms. The van der Waals surface area contributed by atoms with Crippen molar-refractivity contribution in [3.8, 4) is 0 Å². The molecule has 2 heterocycles. The van der Waals surface area contributed by atoms with E-state index in [1.54, 1.807) is 13.8 Å². The summed E-state index contributed by atoms with van der Waals surface area (Å²) in [7, 11) is 0. The van der Waals surface area contributed by atoms with Crippen LogP contribution in [0.2, 0.25) is 0 Å². The fourth-order valence-corrected chi connectivity index (χ4v) is 2.67. The number of anilines is 2. The second-order valence-electron chi connectivity index (χ2n) is 4.63. The second-order valence-corrected chi connectivity index (χ2v) is 5.59. The molecule has 0 spiro atoms. The number of hydrogen-bond acceptors (Lipinski definition) is 10. The molecule has 132 valence electrons. The van der Waals surface area contributed by atoms with E-state index in [9.17, 15) is 9.59 Å². The van der Waals surface area contributed by atoms with Gasteiger partial charge < -0.3 is 24.4 Å². The first-order chi connectivity index (χ1) is 11.7. The maximum atomic E-state index is 11.8. The number of morpholine rings is 1. The molecular weight excluding hydrogens is 336 g/mol. The van der Waals surface area contributed by atoms with Crippen molar-refractivity contribution >= 4 is 33.5 Å². The maximum Gasteiger partial charge on any atom is 0.347 e. The Morgan fingerprint density at radius 3 is 2.42 bits per heavy atom. The molecule has 24 heavy (non-hydrogen) atoms. The number of carbonyl (C=O) groups excluding carboxylic acids is 2. The molecule has 1 aromatic heterocycles. The topological polar surface area (TPSA) is 103 Å². The first kappa shape index (κ1) is 18.1. The first-order valence-electron chi connectivity index (χ1n) is 7.62. The first-order valence-corrected chi connectivity index (χ1v) is 8.44. The lowest BCUT2D eigenvalue weighted by atomic mass is 10.3. The fraction of sp³-hybridized carbons (Fsp3) is 0.571. The molecule has 1 fully saturated rings. The molecule has 10 heteroatoms. The third-order valence-electron chi connectivity index (χ3n) is 3.03. The fourth-order valence-electron chi connectivity index (χ4n) is 1.91. The number of rotatable bonds is 7. The molecule has 0 radical (unpaired) electrons. The van der Waals surface area contributed by atoms with Crippen LogP contribution in [0.25, 0.3) is 0 Å². The van der Waals surface area contributed by atoms with Crippen molar-refractivity contribution in [3.05, 3.63) is 11.8 Å². The zero-order valence-corrected chi connectivity index (χ0v) is 14.4. The highest BCUT2D eigenvalue weighted by Crippen LogP contribution is 2.24. The molecule has 0 amide bonds. The standard InChI is InChI=1S/C14H20N4O5S/c1-3-22-11(19)10(12(20)23-4-2)9-15-13-16-17-14(24-13)18-5-7-21-8-6-18/h9H,3-8H2,1-2H3,(H,15,16). The van der Waals surface area contributed by atoms with E-state index in [4.69, 9.17) is 14.2 Å². The Balaban J connectivity index is 2.05. The van der Waals surface area contributed by atoms with Crippen LogP contribution in [0.4, 0.5) is 10.3 Å². The van der Waals surface area contributed by atoms with Crippen molar-refractivity contribution in [2.45, 2.75) is 13.8 Å². The summed E-state index contributed by atoms with van der Waals surface area (Å²) < 4.78 is 15.0. The van der Waals surface area contributed by atoms with Gasteiger partial charge in [-0.15, -0.1) is 10.2 Å². The van der Waals surface area contributed by atoms with Gasteiger partial charge in [-0.1, -0.05) is 11.3 Å². The second kappa shape index (κ2) is 9.18. The molecule has 1 saturated heterocycles. The minimum Gasteiger partial charge on any atom is -0.462 e. The predicted octanol–water partition coefficient (Wildman–Crippen LogP) is 0.797. The molecule has 0 saturated carbocycles. The SMILES string of the molecule is CCOC(=O)C(=CNc1nnc(N2CCOCC2)s1)C(=O)OCC. The lowest BCUT2D eigenvalue weighted by molar-refractivity contribution is -0.146. The molecule has 0 aromatic carbocycles. The number of ether oxygens (including phenoxy) is 3. The van der Waals surface area contributed by atoms with Gasteiger partial charge in [-0.25, -0.2) is 9.59 Å². The summed E-state index contributed by atoms with van der Waals surface area (Å²) in [5, 5.41) is 12.1. The van der Waals surface area contributed by atoms with Gasteiger partial charge in [0.25, 0.3) is 0 Å². The summed E-state index contributed by atoms with van der Waals surface area (Å²) in [6.07, 6.45) is 1.24. The van der Waals surface area contributed by atoms with E-state index in [2.05, 4.69) is 20.4 Å². The molecule has 0 aliphatic carbocycles. The highest BCUT2D eigenvalue weighted by molar-refractivity contribution is 7.19. The Labute approximate surface area is 143 Å². The third-order valence-corrected chi connectivity index (χ3v) is 3.94. The van der Waals surface area contributed by atoms with Crippen molar-refractivity contribution in [2.24, 2.45) is 0 Å². The molecule has 1 aromatic rings. The molecule has 0 atom stereocenters. The van der Waals surface area contributed by atoms with E-state index >= 15 is 0 Å². The van der Waals surface area contributed by atoms with Gasteiger partial charge in [-0.05, 0) is 13.8 Å². The molecule has 2 rings (SSSR count). The zero-order chi connectivity index (χ0) is 17.4. The Morgan fingerprint density at radius 2 is 1.83 bits per heavy atom. The number of carbonyl (C=O) groups is 2. The van der Waals surface area contributed by atoms with Crippen molar-refractivity contribution < 1.29 is 23.8 Å². The van der Waals surface area contributed by atoms with E-state index in [0.717, 1.165) is 18.2 Å². The average molecular weight is 356 g/mol. The van der Waals surface area contributed by atoms with Crippen LogP contribution in [0, 0.1) is 0 Å². The maximum absolute atomic E-state index is 11.8. The van der Waals surface area contributed by atoms with Gasteiger partial charge >= 0.3 is 11.9 Å². The largest absolute Gasteiger partial charge is 0.462 e. The van der Waals surface area contributed by atoms with E-state index in [0.29, 0.717) is 18.3 Å². The highest BCUT2D eigenvalue weighted by Gasteiger charge is 2.21. The van der Waals surface area contributed by atoms with Crippen LogP contribution in [0.1, 0.15) is 13.8 Å². The van der Waals surface area contributed by atoms with Gasteiger partial charge in [0.1, 0.15) is 0 Å². The normalized spacial score (nSPS) is 14.0. The van der Waals surface area contributed by atoms with Gasteiger partial charge in [0, 0.05) is 19.3 Å². The summed E-state index contributed by atoms with van der Waals surface area (Å²) in [5.74, 6) is -1.50. The van der Waals surface area contributed by atoms with E-state index in [1.165, 1.54) is 17.5 Å². The van der Waals surface area contributed by atoms with Crippen molar-refractivity contribution in [3.63, 3.8) is 0 Å². The summed E-state index contributed by atoms with van der Waals surface area (Å²) in [6.45, 7) is 6.45. The average Bonchev–Trinajstić information content (AvgIpc) is 3.05. The summed E-state index contributed by atoms with van der Waals surface area (Å²) >= 11 is 1.32. The van der Waals surface area contributed by atoms with E-state index in [-0.39, 0.29) is 18.8 Å². The highest BCUT2D eigenvalue weighted by atomic mass is 32.1. The number of nitrogens with zero attached hydrogens (tertiary/aromatic N) is 3. The molecule has 9 nitrogen and oxygen atoms in total. The Morgan fingerprint density at radius 1 is 1.21 bits per heavy atom. The predicted molar refractivity (Wildman–Crippen MR) is 87.9 cm³/mol. The van der Waals surface area contributed by atoms with Gasteiger partial charge in [0.2, 0.25) is 10.3 Å². The Bertz CT molecular complexity index is 578. The number of hydrogen-bond donors (Lipinski definition) is 1. The Kier molecular flexibility index (Phi) is 6.94. The molecule has 1 N–H and O–H groups in total. The van der Waals surface area contributed by atoms with Crippen LogP contribution < -0.4 is 10.2 Å². The van der Waals surface area contributed by atoms with Crippen LogP contribution in [0.5, 0.6) is 0 Å². The van der Waals surface area contributed by atoms with Gasteiger partial charge in [0.15, 0.2) is 5.57 Å². The molecule has 1 aliphatic heterocycles. The lowest BCUT2D eigenvalue weighted by Gasteiger charge is -2.25. The van der Waals surface area contributed by atoms with E-state index in [1.807, 2.05) is 0 Å². The number of esters is 2. The quantitative estimate of drug-likeness (QED) is 0.329. The van der Waals surface area contributed by atoms with Gasteiger partial charge in [-0.3, -0.25) is 0 Å². The van der Waals surface area contributed by atoms with Crippen LogP contribution in [-0.2, 0) is 23.8 Å². The number of aromatic nitrogens is 2.